The van der Waals surface area contributed by atoms with Crippen LogP contribution in [-0.4, -0.2) is 6.54 Å². The van der Waals surface area contributed by atoms with Crippen molar-refractivity contribution < 1.29 is 13.2 Å². The summed E-state index contributed by atoms with van der Waals surface area (Å²) < 4.78 is 37.8. The van der Waals surface area contributed by atoms with E-state index in [0.29, 0.717) is 18.7 Å². The van der Waals surface area contributed by atoms with Crippen LogP contribution < -0.4 is 5.32 Å². The van der Waals surface area contributed by atoms with Gasteiger partial charge in [-0.15, -0.1) is 0 Å². The Kier molecular flexibility index (Phi) is 4.70. The maximum absolute atomic E-state index is 12.6. The number of halogens is 4. The van der Waals surface area contributed by atoms with Gasteiger partial charge in [-0.3, -0.25) is 0 Å². The molecule has 0 amide bonds. The summed E-state index contributed by atoms with van der Waals surface area (Å²) in [7, 11) is 0. The summed E-state index contributed by atoms with van der Waals surface area (Å²) in [6.45, 7) is 3.94. The zero-order chi connectivity index (χ0) is 14.7. The fourth-order valence-corrected chi connectivity index (χ4v) is 1.67. The van der Waals surface area contributed by atoms with Gasteiger partial charge in [0.25, 0.3) is 0 Å². The average Bonchev–Trinajstić information content (AvgIpc) is 2.27. The molecule has 0 aliphatic rings. The van der Waals surface area contributed by atoms with Gasteiger partial charge in [0, 0.05) is 17.3 Å². The third-order valence-corrected chi connectivity index (χ3v) is 2.83. The Morgan fingerprint density at radius 2 is 1.89 bits per heavy atom. The van der Waals surface area contributed by atoms with Gasteiger partial charge >= 0.3 is 6.18 Å². The lowest BCUT2D eigenvalue weighted by Gasteiger charge is -2.16. The summed E-state index contributed by atoms with van der Waals surface area (Å²) in [6, 6.07) is 5.44. The highest BCUT2D eigenvalue weighted by Crippen LogP contribution is 2.33. The molecule has 0 radical (unpaired) electrons. The van der Waals surface area contributed by atoms with Gasteiger partial charge in [-0.25, -0.2) is 0 Å². The number of rotatable bonds is 4. The molecule has 0 saturated heterocycles. The maximum atomic E-state index is 12.6. The second-order valence-electron chi connectivity index (χ2n) is 4.90. The normalized spacial score (nSPS) is 12.1. The standard InChI is InChI=1S/C13H14ClF3N2/c1-12(2,8-18)3-4-19-11-6-9(13(15,16)17)5-10(14)7-11/h5-7,19H,3-4H2,1-2H3. The Bertz CT molecular complexity index is 490. The van der Waals surface area contributed by atoms with Crippen LogP contribution in [-0.2, 0) is 6.18 Å². The van der Waals surface area contributed by atoms with Crippen molar-refractivity contribution in [1.29, 1.82) is 5.26 Å². The molecule has 1 aromatic rings. The second kappa shape index (κ2) is 5.70. The summed E-state index contributed by atoms with van der Waals surface area (Å²) >= 11 is 5.66. The summed E-state index contributed by atoms with van der Waals surface area (Å²) in [6.07, 6.45) is -3.90. The van der Waals surface area contributed by atoms with E-state index in [4.69, 9.17) is 16.9 Å². The van der Waals surface area contributed by atoms with Crippen molar-refractivity contribution >= 4 is 17.3 Å². The van der Waals surface area contributed by atoms with Gasteiger partial charge in [-0.1, -0.05) is 11.6 Å². The van der Waals surface area contributed by atoms with E-state index in [1.165, 1.54) is 6.07 Å². The highest BCUT2D eigenvalue weighted by molar-refractivity contribution is 6.30. The van der Waals surface area contributed by atoms with Crippen LogP contribution >= 0.6 is 11.6 Å². The van der Waals surface area contributed by atoms with Gasteiger partial charge < -0.3 is 5.32 Å². The molecule has 1 rings (SSSR count). The topological polar surface area (TPSA) is 35.8 Å². The number of anilines is 1. The van der Waals surface area contributed by atoms with E-state index in [1.54, 1.807) is 13.8 Å². The molecule has 0 aliphatic heterocycles. The maximum Gasteiger partial charge on any atom is 0.416 e. The summed E-state index contributed by atoms with van der Waals surface area (Å²) in [5.41, 5.74) is -1.01. The first kappa shape index (κ1) is 15.6. The molecule has 0 aliphatic carbocycles. The molecule has 1 N–H and O–H groups in total. The molecule has 0 saturated carbocycles. The van der Waals surface area contributed by atoms with Crippen molar-refractivity contribution in [3.63, 3.8) is 0 Å². The number of nitrogens with zero attached hydrogens (tertiary/aromatic N) is 1. The van der Waals surface area contributed by atoms with Crippen LogP contribution in [0.2, 0.25) is 5.02 Å². The van der Waals surface area contributed by atoms with Crippen LogP contribution in [0.1, 0.15) is 25.8 Å². The largest absolute Gasteiger partial charge is 0.416 e. The summed E-state index contributed by atoms with van der Waals surface area (Å²) in [5, 5.41) is 11.7. The lowest BCUT2D eigenvalue weighted by atomic mass is 9.91. The smallest absolute Gasteiger partial charge is 0.385 e. The van der Waals surface area contributed by atoms with Crippen molar-refractivity contribution in [3.8, 4) is 6.07 Å². The van der Waals surface area contributed by atoms with E-state index in [-0.39, 0.29) is 5.02 Å². The molecular weight excluding hydrogens is 277 g/mol. The quantitative estimate of drug-likeness (QED) is 0.871. The predicted octanol–water partition coefficient (Wildman–Crippen LogP) is 4.71. The van der Waals surface area contributed by atoms with Crippen molar-refractivity contribution in [3.05, 3.63) is 28.8 Å². The number of nitriles is 1. The highest BCUT2D eigenvalue weighted by Gasteiger charge is 2.31. The van der Waals surface area contributed by atoms with Gasteiger partial charge in [-0.2, -0.15) is 18.4 Å². The van der Waals surface area contributed by atoms with E-state index in [1.807, 2.05) is 0 Å². The lowest BCUT2D eigenvalue weighted by molar-refractivity contribution is -0.137. The molecular formula is C13H14ClF3N2. The summed E-state index contributed by atoms with van der Waals surface area (Å²) in [4.78, 5) is 0. The molecule has 2 nitrogen and oxygen atoms in total. The van der Waals surface area contributed by atoms with E-state index < -0.39 is 17.2 Å². The van der Waals surface area contributed by atoms with Crippen molar-refractivity contribution in [2.45, 2.75) is 26.4 Å². The molecule has 104 valence electrons. The zero-order valence-corrected chi connectivity index (χ0v) is 11.4. The summed E-state index contributed by atoms with van der Waals surface area (Å²) in [5.74, 6) is 0. The Balaban J connectivity index is 2.75. The van der Waals surface area contributed by atoms with E-state index in [9.17, 15) is 13.2 Å². The first-order valence-corrected chi connectivity index (χ1v) is 6.05. The Morgan fingerprint density at radius 3 is 2.42 bits per heavy atom. The third-order valence-electron chi connectivity index (χ3n) is 2.61. The molecule has 0 bridgehead atoms. The van der Waals surface area contributed by atoms with Gasteiger partial charge in [-0.05, 0) is 38.5 Å². The van der Waals surface area contributed by atoms with Crippen LogP contribution in [0.25, 0.3) is 0 Å². The minimum absolute atomic E-state index is 0.0249. The Labute approximate surface area is 115 Å². The fraction of sp³-hybridized carbons (Fsp3) is 0.462. The lowest BCUT2D eigenvalue weighted by Crippen LogP contribution is -2.15. The number of alkyl halides is 3. The fourth-order valence-electron chi connectivity index (χ4n) is 1.43. The first-order valence-electron chi connectivity index (χ1n) is 5.67. The van der Waals surface area contributed by atoms with Crippen LogP contribution in [0.5, 0.6) is 0 Å². The molecule has 0 atom stereocenters. The molecule has 1 aromatic carbocycles. The van der Waals surface area contributed by atoms with E-state index in [2.05, 4.69) is 11.4 Å². The van der Waals surface area contributed by atoms with Crippen molar-refractivity contribution in [1.82, 2.24) is 0 Å². The van der Waals surface area contributed by atoms with Gasteiger partial charge in [0.15, 0.2) is 0 Å². The number of hydrogen-bond acceptors (Lipinski definition) is 2. The molecule has 0 fully saturated rings. The number of hydrogen-bond donors (Lipinski definition) is 1. The second-order valence-corrected chi connectivity index (χ2v) is 5.34. The molecule has 0 heterocycles. The van der Waals surface area contributed by atoms with Gasteiger partial charge in [0.1, 0.15) is 0 Å². The Hall–Kier alpha value is -1.41. The van der Waals surface area contributed by atoms with Crippen LogP contribution in [0.3, 0.4) is 0 Å². The predicted molar refractivity (Wildman–Crippen MR) is 69.0 cm³/mol. The molecule has 6 heteroatoms. The zero-order valence-electron chi connectivity index (χ0n) is 10.6. The number of benzene rings is 1. The van der Waals surface area contributed by atoms with E-state index >= 15 is 0 Å². The third kappa shape index (κ3) is 4.99. The molecule has 0 aromatic heterocycles. The minimum Gasteiger partial charge on any atom is -0.385 e. The average molecular weight is 291 g/mol. The Morgan fingerprint density at radius 1 is 1.26 bits per heavy atom. The molecule has 19 heavy (non-hydrogen) atoms. The van der Waals surface area contributed by atoms with Crippen molar-refractivity contribution in [2.75, 3.05) is 11.9 Å². The van der Waals surface area contributed by atoms with Gasteiger partial charge in [0.2, 0.25) is 0 Å². The monoisotopic (exact) mass is 290 g/mol. The van der Waals surface area contributed by atoms with Crippen LogP contribution in [0, 0.1) is 16.7 Å². The van der Waals surface area contributed by atoms with Crippen molar-refractivity contribution in [2.24, 2.45) is 5.41 Å². The highest BCUT2D eigenvalue weighted by atomic mass is 35.5. The molecule has 0 unspecified atom stereocenters. The molecule has 0 spiro atoms. The minimum atomic E-state index is -4.42. The van der Waals surface area contributed by atoms with Crippen LogP contribution in [0.15, 0.2) is 18.2 Å². The van der Waals surface area contributed by atoms with E-state index in [0.717, 1.165) is 12.1 Å². The first-order chi connectivity index (χ1) is 8.64. The van der Waals surface area contributed by atoms with Gasteiger partial charge in [0.05, 0.1) is 17.0 Å². The SMILES string of the molecule is CC(C)(C#N)CCNc1cc(Cl)cc(C(F)(F)F)c1. The number of nitrogens with one attached hydrogen (secondary N) is 1. The van der Waals surface area contributed by atoms with Crippen LogP contribution in [0.4, 0.5) is 18.9 Å².